The van der Waals surface area contributed by atoms with Crippen LogP contribution in [-0.4, -0.2) is 23.5 Å². The van der Waals surface area contributed by atoms with Crippen molar-refractivity contribution in [2.45, 2.75) is 6.54 Å². The van der Waals surface area contributed by atoms with E-state index in [0.717, 1.165) is 26.3 Å². The van der Waals surface area contributed by atoms with Crippen molar-refractivity contribution in [2.75, 3.05) is 0 Å². The number of carbonyl (C=O) groups excluding carboxylic acids is 1. The van der Waals surface area contributed by atoms with E-state index in [1.165, 1.54) is 0 Å². The average Bonchev–Trinajstić information content (AvgIpc) is 2.72. The highest BCUT2D eigenvalue weighted by Gasteiger charge is 2.13. The van der Waals surface area contributed by atoms with Crippen LogP contribution < -0.4 is 10.9 Å². The number of hydrogen-bond acceptors (Lipinski definition) is 2. The number of halogens is 1. The van der Waals surface area contributed by atoms with E-state index in [-0.39, 0.29) is 6.54 Å². The lowest BCUT2D eigenvalue weighted by Crippen LogP contribution is -2.23. The smallest absolute Gasteiger partial charge is 0.263 e. The van der Waals surface area contributed by atoms with E-state index in [4.69, 9.17) is 13.1 Å². The average molecular weight is 329 g/mol. The lowest BCUT2D eigenvalue weighted by molar-refractivity contribution is -0.129. The first-order valence-corrected chi connectivity index (χ1v) is 6.79. The zero-order chi connectivity index (χ0) is 14.3. The van der Waals surface area contributed by atoms with Gasteiger partial charge >= 0.3 is 0 Å². The lowest BCUT2D eigenvalue weighted by atomic mass is 9.94. The number of fused-ring (bicyclic) bond motifs is 3. The molecule has 2 radical (unpaired) electrons. The van der Waals surface area contributed by atoms with Gasteiger partial charge in [-0.2, -0.15) is 0 Å². The molecule has 0 aliphatic rings. The monoisotopic (exact) mass is 328 g/mol. The molecule has 3 aromatic rings. The van der Waals surface area contributed by atoms with E-state index in [1.54, 1.807) is 11.5 Å². The van der Waals surface area contributed by atoms with Crippen molar-refractivity contribution >= 4 is 57.0 Å². The van der Waals surface area contributed by atoms with Gasteiger partial charge in [0.25, 0.3) is 5.91 Å². The Hall–Kier alpha value is -1.79. The summed E-state index contributed by atoms with van der Waals surface area (Å²) in [6, 6.07) is 11.4. The SMILES string of the molecule is [B]c1ccc2c(c1)c1cc(Br)ccc1n2CC(=O)NO. The van der Waals surface area contributed by atoms with Gasteiger partial charge in [-0.05, 0) is 24.3 Å². The molecule has 0 bridgehead atoms. The van der Waals surface area contributed by atoms with Gasteiger partial charge in [0.1, 0.15) is 14.4 Å². The molecule has 1 amide bonds. The summed E-state index contributed by atoms with van der Waals surface area (Å²) in [7, 11) is 5.85. The van der Waals surface area contributed by atoms with Crippen molar-refractivity contribution in [3.8, 4) is 0 Å². The maximum absolute atomic E-state index is 11.5. The molecule has 2 aromatic carbocycles. The minimum absolute atomic E-state index is 0.0437. The van der Waals surface area contributed by atoms with Crippen molar-refractivity contribution in [2.24, 2.45) is 0 Å². The molecule has 1 heterocycles. The van der Waals surface area contributed by atoms with E-state index in [1.807, 2.05) is 34.9 Å². The molecule has 2 N–H and O–H groups in total. The molecule has 0 saturated heterocycles. The summed E-state index contributed by atoms with van der Waals surface area (Å²) in [5, 5.41) is 10.7. The van der Waals surface area contributed by atoms with Gasteiger partial charge in [-0.25, -0.2) is 5.48 Å². The minimum atomic E-state index is -0.469. The Kier molecular flexibility index (Phi) is 3.27. The molecule has 0 spiro atoms. The zero-order valence-corrected chi connectivity index (χ0v) is 12.0. The summed E-state index contributed by atoms with van der Waals surface area (Å²) < 4.78 is 2.81. The normalized spacial score (nSPS) is 11.1. The maximum atomic E-state index is 11.5. The van der Waals surface area contributed by atoms with Crippen molar-refractivity contribution in [3.05, 3.63) is 40.9 Å². The highest BCUT2D eigenvalue weighted by atomic mass is 79.9. The second-order valence-electron chi connectivity index (χ2n) is 4.56. The number of amides is 1. The first-order valence-electron chi connectivity index (χ1n) is 6.00. The Morgan fingerprint density at radius 1 is 1.20 bits per heavy atom. The summed E-state index contributed by atoms with van der Waals surface area (Å²) in [4.78, 5) is 11.5. The third-order valence-corrected chi connectivity index (χ3v) is 3.77. The highest BCUT2D eigenvalue weighted by molar-refractivity contribution is 9.10. The van der Waals surface area contributed by atoms with Gasteiger partial charge in [-0.1, -0.05) is 33.5 Å². The zero-order valence-electron chi connectivity index (χ0n) is 10.4. The molecule has 0 saturated carbocycles. The number of carbonyl (C=O) groups is 1. The fraction of sp³-hybridized carbons (Fsp3) is 0.0714. The van der Waals surface area contributed by atoms with Gasteiger partial charge in [0.15, 0.2) is 0 Å². The van der Waals surface area contributed by atoms with Gasteiger partial charge in [0.05, 0.1) is 0 Å². The van der Waals surface area contributed by atoms with Gasteiger partial charge in [-0.3, -0.25) is 10.0 Å². The van der Waals surface area contributed by atoms with Crippen LogP contribution in [0.5, 0.6) is 0 Å². The topological polar surface area (TPSA) is 54.3 Å². The Morgan fingerprint density at radius 2 is 1.85 bits per heavy atom. The summed E-state index contributed by atoms with van der Waals surface area (Å²) in [6.45, 7) is 0.0437. The van der Waals surface area contributed by atoms with Gasteiger partial charge < -0.3 is 4.57 Å². The fourth-order valence-electron chi connectivity index (χ4n) is 2.44. The van der Waals surface area contributed by atoms with Crippen LogP contribution in [0.25, 0.3) is 21.8 Å². The first-order chi connectivity index (χ1) is 9.60. The number of rotatable bonds is 2. The summed E-state index contributed by atoms with van der Waals surface area (Å²) in [5.41, 5.74) is 4.14. The van der Waals surface area contributed by atoms with Crippen LogP contribution in [0, 0.1) is 0 Å². The number of nitrogens with one attached hydrogen (secondary N) is 1. The molecular formula is C14H10BBrN2O2. The summed E-state index contributed by atoms with van der Waals surface area (Å²) in [5.74, 6) is -0.469. The van der Waals surface area contributed by atoms with Crippen LogP contribution in [0.15, 0.2) is 40.9 Å². The molecule has 1 aromatic heterocycles. The molecular weight excluding hydrogens is 319 g/mol. The molecule has 20 heavy (non-hydrogen) atoms. The molecule has 0 aliphatic carbocycles. The molecule has 0 aliphatic heterocycles. The van der Waals surface area contributed by atoms with E-state index >= 15 is 0 Å². The Balaban J connectivity index is 2.37. The Bertz CT molecular complexity index is 770. The highest BCUT2D eigenvalue weighted by Crippen LogP contribution is 2.30. The molecule has 3 rings (SSSR count). The number of nitrogens with zero attached hydrogens (tertiary/aromatic N) is 1. The lowest BCUT2D eigenvalue weighted by Gasteiger charge is -2.05. The maximum Gasteiger partial charge on any atom is 0.263 e. The van der Waals surface area contributed by atoms with Crippen LogP contribution >= 0.6 is 15.9 Å². The second-order valence-corrected chi connectivity index (χ2v) is 5.47. The summed E-state index contributed by atoms with van der Waals surface area (Å²) >= 11 is 3.45. The van der Waals surface area contributed by atoms with E-state index in [0.29, 0.717) is 5.46 Å². The van der Waals surface area contributed by atoms with Crippen LogP contribution in [0.3, 0.4) is 0 Å². The second kappa shape index (κ2) is 4.96. The first kappa shape index (κ1) is 13.2. The van der Waals surface area contributed by atoms with Crippen LogP contribution in [0.2, 0.25) is 0 Å². The van der Waals surface area contributed by atoms with Crippen molar-refractivity contribution in [3.63, 3.8) is 0 Å². The standard InChI is InChI=1S/C14H10BBrN2O2/c15-8-1-3-12-10(5-8)11-6-9(16)2-4-13(11)18(12)7-14(19)17-20/h1-6,20H,7H2,(H,17,19). The third-order valence-electron chi connectivity index (χ3n) is 3.28. The molecule has 0 atom stereocenters. The number of hydroxylamine groups is 1. The quantitative estimate of drug-likeness (QED) is 0.428. The van der Waals surface area contributed by atoms with Crippen molar-refractivity contribution in [1.82, 2.24) is 10.0 Å². The fourth-order valence-corrected chi connectivity index (χ4v) is 2.80. The van der Waals surface area contributed by atoms with E-state index in [9.17, 15) is 4.79 Å². The Labute approximate surface area is 124 Å². The molecule has 0 unspecified atom stereocenters. The van der Waals surface area contributed by atoms with Gasteiger partial charge in [0, 0.05) is 26.3 Å². The molecule has 6 heteroatoms. The predicted molar refractivity (Wildman–Crippen MR) is 82.5 cm³/mol. The van der Waals surface area contributed by atoms with Crippen molar-refractivity contribution in [1.29, 1.82) is 0 Å². The summed E-state index contributed by atoms with van der Waals surface area (Å²) in [6.07, 6.45) is 0. The van der Waals surface area contributed by atoms with Gasteiger partial charge in [-0.15, -0.1) is 0 Å². The Morgan fingerprint density at radius 3 is 2.55 bits per heavy atom. The number of benzene rings is 2. The molecule has 98 valence electrons. The van der Waals surface area contributed by atoms with E-state index < -0.39 is 5.91 Å². The molecule has 4 nitrogen and oxygen atoms in total. The van der Waals surface area contributed by atoms with Crippen LogP contribution in [-0.2, 0) is 11.3 Å². The van der Waals surface area contributed by atoms with Crippen LogP contribution in [0.4, 0.5) is 0 Å². The van der Waals surface area contributed by atoms with Crippen molar-refractivity contribution < 1.29 is 10.0 Å². The largest absolute Gasteiger partial charge is 0.331 e. The third kappa shape index (κ3) is 2.11. The number of hydrogen-bond donors (Lipinski definition) is 2. The molecule has 0 fully saturated rings. The minimum Gasteiger partial charge on any atom is -0.331 e. The number of aromatic nitrogens is 1. The predicted octanol–water partition coefficient (Wildman–Crippen LogP) is 1.86. The van der Waals surface area contributed by atoms with Gasteiger partial charge in [0.2, 0.25) is 0 Å². The van der Waals surface area contributed by atoms with Crippen LogP contribution in [0.1, 0.15) is 0 Å². The van der Waals surface area contributed by atoms with E-state index in [2.05, 4.69) is 15.9 Å².